The van der Waals surface area contributed by atoms with Crippen molar-refractivity contribution < 1.29 is 9.21 Å². The Bertz CT molecular complexity index is 900. The number of amides is 1. The van der Waals surface area contributed by atoms with Crippen LogP contribution in [0.15, 0.2) is 70.2 Å². The zero-order valence-electron chi connectivity index (χ0n) is 14.2. The molecule has 2 aromatic carbocycles. The SMILES string of the molecule is Cc1ccc(NCC(=O)NN=Cc2ccc(-c3ccc(Cl)cc3)o2)cc1. The number of hydrogen-bond donors (Lipinski definition) is 2. The van der Waals surface area contributed by atoms with Crippen LogP contribution in [0.4, 0.5) is 5.69 Å². The Morgan fingerprint density at radius 1 is 1.08 bits per heavy atom. The second-order valence-electron chi connectivity index (χ2n) is 5.72. The largest absolute Gasteiger partial charge is 0.455 e. The van der Waals surface area contributed by atoms with Crippen molar-refractivity contribution in [2.24, 2.45) is 5.10 Å². The zero-order valence-corrected chi connectivity index (χ0v) is 15.0. The van der Waals surface area contributed by atoms with Crippen molar-refractivity contribution in [3.8, 4) is 11.3 Å². The monoisotopic (exact) mass is 367 g/mol. The molecule has 26 heavy (non-hydrogen) atoms. The van der Waals surface area contributed by atoms with Crippen LogP contribution >= 0.6 is 11.6 Å². The average molecular weight is 368 g/mol. The minimum absolute atomic E-state index is 0.134. The second kappa shape index (κ2) is 8.36. The summed E-state index contributed by atoms with van der Waals surface area (Å²) in [5, 5.41) is 7.61. The first-order valence-electron chi connectivity index (χ1n) is 8.08. The first-order chi connectivity index (χ1) is 12.6. The molecule has 0 spiro atoms. The predicted octanol–water partition coefficient (Wildman–Crippen LogP) is 4.47. The number of rotatable bonds is 6. The highest BCUT2D eigenvalue weighted by Crippen LogP contribution is 2.23. The molecule has 3 aromatic rings. The van der Waals surface area contributed by atoms with Gasteiger partial charge in [0.1, 0.15) is 11.5 Å². The van der Waals surface area contributed by atoms with E-state index in [0.717, 1.165) is 11.3 Å². The van der Waals surface area contributed by atoms with Gasteiger partial charge in [0, 0.05) is 16.3 Å². The highest BCUT2D eigenvalue weighted by Gasteiger charge is 2.04. The van der Waals surface area contributed by atoms with Gasteiger partial charge in [-0.05, 0) is 55.5 Å². The maximum absolute atomic E-state index is 11.8. The molecule has 5 nitrogen and oxygen atoms in total. The number of aryl methyl sites for hydroxylation is 1. The summed E-state index contributed by atoms with van der Waals surface area (Å²) < 4.78 is 5.67. The number of anilines is 1. The van der Waals surface area contributed by atoms with Crippen molar-refractivity contribution in [2.75, 3.05) is 11.9 Å². The number of halogens is 1. The van der Waals surface area contributed by atoms with Gasteiger partial charge in [-0.25, -0.2) is 5.43 Å². The molecular formula is C20H18ClN3O2. The van der Waals surface area contributed by atoms with E-state index in [1.807, 2.05) is 49.4 Å². The molecular weight excluding hydrogens is 350 g/mol. The molecule has 1 amide bonds. The van der Waals surface area contributed by atoms with Crippen LogP contribution in [0.1, 0.15) is 11.3 Å². The van der Waals surface area contributed by atoms with E-state index in [9.17, 15) is 4.79 Å². The lowest BCUT2D eigenvalue weighted by atomic mass is 10.2. The lowest BCUT2D eigenvalue weighted by Crippen LogP contribution is -2.25. The molecule has 1 heterocycles. The minimum atomic E-state index is -0.244. The Labute approximate surface area is 156 Å². The van der Waals surface area contributed by atoms with Crippen LogP contribution in [-0.4, -0.2) is 18.7 Å². The molecule has 0 saturated heterocycles. The zero-order chi connectivity index (χ0) is 18.4. The molecule has 0 aliphatic carbocycles. The Kier molecular flexibility index (Phi) is 5.71. The van der Waals surface area contributed by atoms with E-state index in [-0.39, 0.29) is 12.5 Å². The molecule has 0 atom stereocenters. The fourth-order valence-corrected chi connectivity index (χ4v) is 2.38. The van der Waals surface area contributed by atoms with Crippen LogP contribution in [0.25, 0.3) is 11.3 Å². The van der Waals surface area contributed by atoms with E-state index < -0.39 is 0 Å². The molecule has 132 valence electrons. The van der Waals surface area contributed by atoms with Crippen LogP contribution in [0.5, 0.6) is 0 Å². The van der Waals surface area contributed by atoms with Gasteiger partial charge in [0.25, 0.3) is 5.91 Å². The van der Waals surface area contributed by atoms with Gasteiger partial charge in [-0.1, -0.05) is 29.3 Å². The van der Waals surface area contributed by atoms with E-state index in [1.165, 1.54) is 11.8 Å². The number of hydrazone groups is 1. The Morgan fingerprint density at radius 2 is 1.81 bits per heavy atom. The lowest BCUT2D eigenvalue weighted by molar-refractivity contribution is -0.119. The van der Waals surface area contributed by atoms with E-state index >= 15 is 0 Å². The molecule has 0 aliphatic rings. The van der Waals surface area contributed by atoms with E-state index in [0.29, 0.717) is 16.5 Å². The molecule has 3 rings (SSSR count). The standard InChI is InChI=1S/C20H18ClN3O2/c1-14-2-8-17(9-3-14)22-13-20(25)24-23-12-18-10-11-19(26-18)15-4-6-16(21)7-5-15/h2-12,22H,13H2,1H3,(H,24,25). The van der Waals surface area contributed by atoms with Gasteiger partial charge < -0.3 is 9.73 Å². The highest BCUT2D eigenvalue weighted by molar-refractivity contribution is 6.30. The van der Waals surface area contributed by atoms with E-state index in [2.05, 4.69) is 15.8 Å². The Hall–Kier alpha value is -3.05. The van der Waals surface area contributed by atoms with Crippen LogP contribution in [0, 0.1) is 6.92 Å². The highest BCUT2D eigenvalue weighted by atomic mass is 35.5. The predicted molar refractivity (Wildman–Crippen MR) is 105 cm³/mol. The van der Waals surface area contributed by atoms with Crippen LogP contribution in [-0.2, 0) is 4.79 Å². The number of nitrogens with zero attached hydrogens (tertiary/aromatic N) is 1. The summed E-state index contributed by atoms with van der Waals surface area (Å²) >= 11 is 5.88. The third-order valence-electron chi connectivity index (χ3n) is 3.64. The lowest BCUT2D eigenvalue weighted by Gasteiger charge is -2.05. The molecule has 2 N–H and O–H groups in total. The van der Waals surface area contributed by atoms with E-state index in [4.69, 9.17) is 16.0 Å². The van der Waals surface area contributed by atoms with Crippen molar-refractivity contribution in [3.05, 3.63) is 77.0 Å². The fraction of sp³-hybridized carbons (Fsp3) is 0.100. The average Bonchev–Trinajstić information content (AvgIpc) is 3.11. The normalized spacial score (nSPS) is 10.8. The van der Waals surface area contributed by atoms with Gasteiger partial charge in [0.05, 0.1) is 12.8 Å². The number of nitrogens with one attached hydrogen (secondary N) is 2. The summed E-state index contributed by atoms with van der Waals surface area (Å²) in [7, 11) is 0. The van der Waals surface area contributed by atoms with Gasteiger partial charge in [-0.15, -0.1) is 0 Å². The molecule has 0 aliphatic heterocycles. The fourth-order valence-electron chi connectivity index (χ4n) is 2.25. The summed E-state index contributed by atoms with van der Waals surface area (Å²) in [6.45, 7) is 2.15. The minimum Gasteiger partial charge on any atom is -0.455 e. The van der Waals surface area contributed by atoms with Crippen molar-refractivity contribution >= 4 is 29.4 Å². The molecule has 0 fully saturated rings. The third kappa shape index (κ3) is 4.97. The van der Waals surface area contributed by atoms with Crippen LogP contribution < -0.4 is 10.7 Å². The van der Waals surface area contributed by atoms with Gasteiger partial charge in [-0.2, -0.15) is 5.10 Å². The Balaban J connectivity index is 1.49. The number of carbonyl (C=O) groups is 1. The van der Waals surface area contributed by atoms with Crippen molar-refractivity contribution in [3.63, 3.8) is 0 Å². The molecule has 1 aromatic heterocycles. The second-order valence-corrected chi connectivity index (χ2v) is 6.16. The maximum atomic E-state index is 11.8. The molecule has 0 saturated carbocycles. The van der Waals surface area contributed by atoms with Crippen LogP contribution in [0.2, 0.25) is 5.02 Å². The van der Waals surface area contributed by atoms with Gasteiger partial charge in [0.15, 0.2) is 0 Å². The van der Waals surface area contributed by atoms with Crippen molar-refractivity contribution in [1.82, 2.24) is 5.43 Å². The third-order valence-corrected chi connectivity index (χ3v) is 3.89. The number of hydrogen-bond acceptors (Lipinski definition) is 4. The summed E-state index contributed by atoms with van der Waals surface area (Å²) in [5.41, 5.74) is 5.43. The molecule has 6 heteroatoms. The summed E-state index contributed by atoms with van der Waals surface area (Å²) in [6.07, 6.45) is 1.46. The molecule has 0 unspecified atom stereocenters. The quantitative estimate of drug-likeness (QED) is 0.499. The Morgan fingerprint density at radius 3 is 2.54 bits per heavy atom. The van der Waals surface area contributed by atoms with Gasteiger partial charge in [-0.3, -0.25) is 4.79 Å². The summed E-state index contributed by atoms with van der Waals surface area (Å²) in [4.78, 5) is 11.8. The van der Waals surface area contributed by atoms with E-state index in [1.54, 1.807) is 18.2 Å². The summed E-state index contributed by atoms with van der Waals surface area (Å²) in [6, 6.07) is 18.8. The van der Waals surface area contributed by atoms with Gasteiger partial charge >= 0.3 is 0 Å². The van der Waals surface area contributed by atoms with Gasteiger partial charge in [0.2, 0.25) is 0 Å². The topological polar surface area (TPSA) is 66.6 Å². The first-order valence-corrected chi connectivity index (χ1v) is 8.46. The maximum Gasteiger partial charge on any atom is 0.259 e. The molecule has 0 radical (unpaired) electrons. The molecule has 0 bridgehead atoms. The van der Waals surface area contributed by atoms with Crippen LogP contribution in [0.3, 0.4) is 0 Å². The van der Waals surface area contributed by atoms with Crippen molar-refractivity contribution in [1.29, 1.82) is 0 Å². The van der Waals surface area contributed by atoms with Crippen molar-refractivity contribution in [2.45, 2.75) is 6.92 Å². The smallest absolute Gasteiger partial charge is 0.259 e. The first kappa shape index (κ1) is 17.8. The number of furan rings is 1. The number of benzene rings is 2. The number of carbonyl (C=O) groups excluding carboxylic acids is 1. The summed E-state index contributed by atoms with van der Waals surface area (Å²) in [5.74, 6) is 1.00.